The van der Waals surface area contributed by atoms with E-state index in [1.165, 1.54) is 27.9 Å². The van der Waals surface area contributed by atoms with E-state index in [9.17, 15) is 0 Å². The second-order valence-corrected chi connectivity index (χ2v) is 8.04. The topological polar surface area (TPSA) is 17.8 Å². The molecule has 1 aromatic heterocycles. The Kier molecular flexibility index (Phi) is 5.04. The van der Waals surface area contributed by atoms with Crippen molar-refractivity contribution in [3.05, 3.63) is 89.8 Å². The molecule has 1 aliphatic rings. The van der Waals surface area contributed by atoms with Gasteiger partial charge in [0.15, 0.2) is 0 Å². The van der Waals surface area contributed by atoms with E-state index in [4.69, 9.17) is 4.98 Å². The Morgan fingerprint density at radius 3 is 2.29 bits per heavy atom. The number of benzene rings is 2. The Morgan fingerprint density at radius 1 is 0.857 bits per heavy atom. The first-order valence-electron chi connectivity index (χ1n) is 10.2. The summed E-state index contributed by atoms with van der Waals surface area (Å²) in [7, 11) is 0. The first-order valence-corrected chi connectivity index (χ1v) is 10.2. The van der Waals surface area contributed by atoms with E-state index in [1.807, 2.05) is 0 Å². The largest absolute Gasteiger partial charge is 0.292 e. The molecule has 2 nitrogen and oxygen atoms in total. The summed E-state index contributed by atoms with van der Waals surface area (Å²) in [6, 6.07) is 15.2. The summed E-state index contributed by atoms with van der Waals surface area (Å²) in [5, 5.41) is 0. The maximum atomic E-state index is 5.07. The molecule has 0 radical (unpaired) electrons. The van der Waals surface area contributed by atoms with Gasteiger partial charge in [-0.2, -0.15) is 0 Å². The van der Waals surface area contributed by atoms with Gasteiger partial charge in [0.2, 0.25) is 0 Å². The van der Waals surface area contributed by atoms with Gasteiger partial charge in [0.05, 0.1) is 16.7 Å². The Balaban J connectivity index is 2.10. The van der Waals surface area contributed by atoms with Crippen molar-refractivity contribution in [2.45, 2.75) is 46.0 Å². The number of allylic oxidation sites excluding steroid dienone is 6. The maximum Gasteiger partial charge on any atom is 0.145 e. The third-order valence-corrected chi connectivity index (χ3v) is 5.38. The molecule has 1 heterocycles. The second kappa shape index (κ2) is 7.63. The van der Waals surface area contributed by atoms with Crippen LogP contribution in [0.2, 0.25) is 0 Å². The van der Waals surface area contributed by atoms with E-state index in [0.717, 1.165) is 17.8 Å². The van der Waals surface area contributed by atoms with Crippen LogP contribution in [-0.2, 0) is 0 Å². The van der Waals surface area contributed by atoms with Crippen LogP contribution in [0, 0.1) is 0 Å². The molecular formula is C26H28N2. The molecule has 3 aromatic rings. The van der Waals surface area contributed by atoms with Crippen LogP contribution < -0.4 is 0 Å². The molecule has 142 valence electrons. The third-order valence-electron chi connectivity index (χ3n) is 5.38. The lowest BCUT2D eigenvalue weighted by Gasteiger charge is -2.22. The average Bonchev–Trinajstić information content (AvgIpc) is 2.86. The molecule has 0 saturated carbocycles. The van der Waals surface area contributed by atoms with E-state index >= 15 is 0 Å². The fourth-order valence-corrected chi connectivity index (χ4v) is 3.96. The molecule has 0 atom stereocenters. The highest BCUT2D eigenvalue weighted by molar-refractivity contribution is 5.85. The van der Waals surface area contributed by atoms with E-state index in [0.29, 0.717) is 11.8 Å². The molecule has 0 saturated heterocycles. The summed E-state index contributed by atoms with van der Waals surface area (Å²) in [5.74, 6) is 1.89. The highest BCUT2D eigenvalue weighted by Gasteiger charge is 2.22. The molecule has 0 fully saturated rings. The SMILES string of the molecule is CC(C)c1cccc(C(C)C)c1-n1c(C2=CCC=CC=C2)nc2ccccc21. The first kappa shape index (κ1) is 18.5. The van der Waals surface area contributed by atoms with E-state index in [2.05, 4.69) is 105 Å². The predicted molar refractivity (Wildman–Crippen MR) is 120 cm³/mol. The molecule has 1 aliphatic carbocycles. The van der Waals surface area contributed by atoms with E-state index in [1.54, 1.807) is 0 Å². The molecule has 0 unspecified atom stereocenters. The summed E-state index contributed by atoms with van der Waals surface area (Å²) < 4.78 is 2.39. The van der Waals surface area contributed by atoms with Crippen LogP contribution in [0.3, 0.4) is 0 Å². The van der Waals surface area contributed by atoms with Crippen LogP contribution in [0.15, 0.2) is 72.8 Å². The molecule has 0 N–H and O–H groups in total. The smallest absolute Gasteiger partial charge is 0.145 e. The molecule has 0 aliphatic heterocycles. The minimum absolute atomic E-state index is 0.433. The minimum Gasteiger partial charge on any atom is -0.292 e. The number of rotatable bonds is 4. The summed E-state index contributed by atoms with van der Waals surface area (Å²) in [6.45, 7) is 9.10. The van der Waals surface area contributed by atoms with Crippen LogP contribution in [0.25, 0.3) is 22.3 Å². The number of nitrogens with zero attached hydrogens (tertiary/aromatic N) is 2. The van der Waals surface area contributed by atoms with Crippen molar-refractivity contribution in [1.82, 2.24) is 9.55 Å². The molecule has 28 heavy (non-hydrogen) atoms. The number of para-hydroxylation sites is 3. The van der Waals surface area contributed by atoms with Gasteiger partial charge in [0.1, 0.15) is 5.82 Å². The summed E-state index contributed by atoms with van der Waals surface area (Å²) in [5.41, 5.74) is 7.41. The number of hydrogen-bond acceptors (Lipinski definition) is 1. The van der Waals surface area contributed by atoms with Crippen LogP contribution in [0.4, 0.5) is 0 Å². The van der Waals surface area contributed by atoms with Gasteiger partial charge in [0.25, 0.3) is 0 Å². The standard InChI is InChI=1S/C26H28N2/c1-18(2)21-14-11-15-22(19(3)4)25(21)28-24-17-10-9-16-23(24)27-26(28)20-12-7-5-6-8-13-20/h5-7,9-19H,8H2,1-4H3. The first-order chi connectivity index (χ1) is 13.6. The van der Waals surface area contributed by atoms with Crippen molar-refractivity contribution in [3.63, 3.8) is 0 Å². The van der Waals surface area contributed by atoms with Crippen molar-refractivity contribution in [1.29, 1.82) is 0 Å². The number of aromatic nitrogens is 2. The zero-order valence-electron chi connectivity index (χ0n) is 17.2. The predicted octanol–water partition coefficient (Wildman–Crippen LogP) is 7.17. The lowest BCUT2D eigenvalue weighted by Crippen LogP contribution is -2.09. The fourth-order valence-electron chi connectivity index (χ4n) is 3.96. The fraction of sp³-hybridized carbons (Fsp3) is 0.269. The van der Waals surface area contributed by atoms with Gasteiger partial charge in [-0.3, -0.25) is 4.57 Å². The lowest BCUT2D eigenvalue weighted by atomic mass is 9.92. The summed E-state index contributed by atoms with van der Waals surface area (Å²) >= 11 is 0. The van der Waals surface area contributed by atoms with Crippen molar-refractivity contribution in [2.75, 3.05) is 0 Å². The second-order valence-electron chi connectivity index (χ2n) is 8.04. The van der Waals surface area contributed by atoms with Gasteiger partial charge >= 0.3 is 0 Å². The Hall–Kier alpha value is -2.87. The van der Waals surface area contributed by atoms with E-state index in [-0.39, 0.29) is 0 Å². The van der Waals surface area contributed by atoms with Gasteiger partial charge in [0, 0.05) is 5.57 Å². The molecule has 2 aromatic carbocycles. The van der Waals surface area contributed by atoms with Crippen LogP contribution in [-0.4, -0.2) is 9.55 Å². The van der Waals surface area contributed by atoms with Gasteiger partial charge in [-0.25, -0.2) is 4.98 Å². The Morgan fingerprint density at radius 2 is 1.57 bits per heavy atom. The highest BCUT2D eigenvalue weighted by Crippen LogP contribution is 2.36. The molecule has 0 amide bonds. The number of fused-ring (bicyclic) bond motifs is 1. The third kappa shape index (κ3) is 3.24. The lowest BCUT2D eigenvalue weighted by molar-refractivity contribution is 0.807. The Bertz CT molecular complexity index is 1060. The average molecular weight is 369 g/mol. The normalized spacial score (nSPS) is 14.1. The van der Waals surface area contributed by atoms with Crippen molar-refractivity contribution < 1.29 is 0 Å². The molecule has 0 bridgehead atoms. The van der Waals surface area contributed by atoms with Crippen molar-refractivity contribution in [3.8, 4) is 5.69 Å². The van der Waals surface area contributed by atoms with Crippen LogP contribution in [0.1, 0.15) is 62.9 Å². The number of hydrogen-bond donors (Lipinski definition) is 0. The van der Waals surface area contributed by atoms with Crippen LogP contribution >= 0.6 is 0 Å². The Labute approximate surface area is 167 Å². The molecule has 0 spiro atoms. The van der Waals surface area contributed by atoms with Crippen LogP contribution in [0.5, 0.6) is 0 Å². The summed E-state index contributed by atoms with van der Waals surface area (Å²) in [4.78, 5) is 5.07. The monoisotopic (exact) mass is 368 g/mol. The van der Waals surface area contributed by atoms with Crippen molar-refractivity contribution >= 4 is 16.6 Å². The molecule has 2 heteroatoms. The number of imidazole rings is 1. The van der Waals surface area contributed by atoms with Gasteiger partial charge in [-0.05, 0) is 41.5 Å². The summed E-state index contributed by atoms with van der Waals surface area (Å²) in [6.07, 6.45) is 11.8. The van der Waals surface area contributed by atoms with Gasteiger partial charge in [-0.15, -0.1) is 0 Å². The zero-order chi connectivity index (χ0) is 19.7. The highest BCUT2D eigenvalue weighted by atomic mass is 15.1. The van der Waals surface area contributed by atoms with E-state index < -0.39 is 0 Å². The van der Waals surface area contributed by atoms with Crippen molar-refractivity contribution in [2.24, 2.45) is 0 Å². The minimum atomic E-state index is 0.433. The maximum absolute atomic E-state index is 5.07. The zero-order valence-corrected chi connectivity index (χ0v) is 17.2. The van der Waals surface area contributed by atoms with Gasteiger partial charge < -0.3 is 0 Å². The van der Waals surface area contributed by atoms with Gasteiger partial charge in [-0.1, -0.05) is 88.4 Å². The quantitative estimate of drug-likeness (QED) is 0.477. The molecule has 4 rings (SSSR count). The molecular weight excluding hydrogens is 340 g/mol.